The summed E-state index contributed by atoms with van der Waals surface area (Å²) in [5.74, 6) is 1.08. The Morgan fingerprint density at radius 3 is 2.63 bits per heavy atom. The fourth-order valence-corrected chi connectivity index (χ4v) is 2.36. The maximum absolute atomic E-state index is 12.5. The van der Waals surface area contributed by atoms with Gasteiger partial charge in [-0.2, -0.15) is 0 Å². The Hall–Kier alpha value is -2.29. The number of aryl methyl sites for hydroxylation is 3. The maximum atomic E-state index is 12.5. The van der Waals surface area contributed by atoms with Crippen molar-refractivity contribution in [3.8, 4) is 0 Å². The van der Waals surface area contributed by atoms with Crippen LogP contribution in [0.15, 0.2) is 40.9 Å². The molecule has 0 saturated carbocycles. The number of nitrogens with zero attached hydrogens (tertiary/aromatic N) is 1. The summed E-state index contributed by atoms with van der Waals surface area (Å²) in [4.78, 5) is 12.5. The van der Waals surface area contributed by atoms with Crippen molar-refractivity contribution in [1.82, 2.24) is 4.57 Å². The highest BCUT2D eigenvalue weighted by Crippen LogP contribution is 2.24. The summed E-state index contributed by atoms with van der Waals surface area (Å²) in [6.07, 6.45) is 1.87. The fraction of sp³-hybridized carbons (Fsp3) is 0.188. The van der Waals surface area contributed by atoms with Gasteiger partial charge in [0.15, 0.2) is 5.76 Å². The van der Waals surface area contributed by atoms with E-state index in [2.05, 4.69) is 6.07 Å². The van der Waals surface area contributed by atoms with Crippen LogP contribution in [-0.4, -0.2) is 10.4 Å². The van der Waals surface area contributed by atoms with Crippen LogP contribution >= 0.6 is 0 Å². The second-order valence-corrected chi connectivity index (χ2v) is 4.91. The summed E-state index contributed by atoms with van der Waals surface area (Å²) in [6, 6.07) is 9.63. The Morgan fingerprint density at radius 1 is 1.16 bits per heavy atom. The molecule has 0 amide bonds. The minimum atomic E-state index is -0.0671. The molecule has 2 aromatic heterocycles. The number of hydrogen-bond donors (Lipinski definition) is 0. The lowest BCUT2D eigenvalue weighted by Crippen LogP contribution is -1.98. The Kier molecular flexibility index (Phi) is 2.56. The fourth-order valence-electron chi connectivity index (χ4n) is 2.36. The first-order valence-corrected chi connectivity index (χ1v) is 6.23. The first-order valence-electron chi connectivity index (χ1n) is 6.23. The second-order valence-electron chi connectivity index (χ2n) is 4.91. The normalized spacial score (nSPS) is 11.1. The maximum Gasteiger partial charge on any atom is 0.230 e. The van der Waals surface area contributed by atoms with Crippen molar-refractivity contribution in [2.45, 2.75) is 13.8 Å². The Bertz CT molecular complexity index is 777. The summed E-state index contributed by atoms with van der Waals surface area (Å²) in [7, 11) is 1.95. The Morgan fingerprint density at radius 2 is 1.95 bits per heavy atom. The number of benzene rings is 1. The average molecular weight is 253 g/mol. The molecule has 0 atom stereocenters. The van der Waals surface area contributed by atoms with E-state index in [0.29, 0.717) is 11.3 Å². The van der Waals surface area contributed by atoms with Gasteiger partial charge in [-0.15, -0.1) is 0 Å². The van der Waals surface area contributed by atoms with Gasteiger partial charge in [0.2, 0.25) is 5.78 Å². The van der Waals surface area contributed by atoms with E-state index in [0.717, 1.165) is 16.7 Å². The van der Waals surface area contributed by atoms with Crippen LogP contribution in [0.2, 0.25) is 0 Å². The summed E-state index contributed by atoms with van der Waals surface area (Å²) >= 11 is 0. The minimum Gasteiger partial charge on any atom is -0.458 e. The minimum absolute atomic E-state index is 0.0671. The molecule has 0 N–H and O–H groups in total. The lowest BCUT2D eigenvalue weighted by molar-refractivity contribution is 0.101. The molecule has 0 aliphatic carbocycles. The van der Waals surface area contributed by atoms with Crippen LogP contribution in [0.5, 0.6) is 0 Å². The number of aromatic nitrogens is 1. The van der Waals surface area contributed by atoms with E-state index in [-0.39, 0.29) is 5.78 Å². The third-order valence-corrected chi connectivity index (χ3v) is 3.35. The predicted octanol–water partition coefficient (Wildman–Crippen LogP) is 3.62. The van der Waals surface area contributed by atoms with Crippen LogP contribution in [0.4, 0.5) is 0 Å². The highest BCUT2D eigenvalue weighted by molar-refractivity contribution is 6.15. The smallest absolute Gasteiger partial charge is 0.230 e. The molecule has 3 heteroatoms. The number of carbonyl (C=O) groups is 1. The quantitative estimate of drug-likeness (QED) is 0.654. The van der Waals surface area contributed by atoms with Gasteiger partial charge >= 0.3 is 0 Å². The van der Waals surface area contributed by atoms with Crippen molar-refractivity contribution in [1.29, 1.82) is 0 Å². The van der Waals surface area contributed by atoms with Gasteiger partial charge in [0, 0.05) is 24.1 Å². The third-order valence-electron chi connectivity index (χ3n) is 3.35. The van der Waals surface area contributed by atoms with Crippen molar-refractivity contribution >= 4 is 16.7 Å². The van der Waals surface area contributed by atoms with E-state index < -0.39 is 0 Å². The van der Waals surface area contributed by atoms with Gasteiger partial charge in [-0.3, -0.25) is 4.79 Å². The van der Waals surface area contributed by atoms with Gasteiger partial charge < -0.3 is 8.98 Å². The molecule has 3 nitrogen and oxygen atoms in total. The van der Waals surface area contributed by atoms with Crippen LogP contribution in [0, 0.1) is 13.8 Å². The van der Waals surface area contributed by atoms with E-state index >= 15 is 0 Å². The lowest BCUT2D eigenvalue weighted by Gasteiger charge is -1.98. The molecule has 3 rings (SSSR count). The zero-order valence-electron chi connectivity index (χ0n) is 11.2. The highest BCUT2D eigenvalue weighted by Gasteiger charge is 2.18. The van der Waals surface area contributed by atoms with E-state index in [9.17, 15) is 4.79 Å². The van der Waals surface area contributed by atoms with E-state index in [4.69, 9.17) is 4.42 Å². The van der Waals surface area contributed by atoms with E-state index in [1.807, 2.05) is 49.9 Å². The van der Waals surface area contributed by atoms with Gasteiger partial charge in [-0.05, 0) is 37.6 Å². The molecule has 0 bridgehead atoms. The van der Waals surface area contributed by atoms with Crippen molar-refractivity contribution in [3.05, 3.63) is 59.2 Å². The molecule has 3 aromatic rings. The third kappa shape index (κ3) is 1.87. The molecule has 0 saturated heterocycles. The molecule has 0 fully saturated rings. The standard InChI is InChI=1S/C16H15NO2/c1-10-4-6-12-13(9-17(3)14(12)8-10)16(18)15-7-5-11(2)19-15/h4-9H,1-3H3. The number of hydrogen-bond acceptors (Lipinski definition) is 2. The lowest BCUT2D eigenvalue weighted by atomic mass is 10.1. The monoisotopic (exact) mass is 253 g/mol. The summed E-state index contributed by atoms with van der Waals surface area (Å²) in [5, 5.41) is 0.965. The zero-order valence-corrected chi connectivity index (χ0v) is 11.2. The van der Waals surface area contributed by atoms with Crippen LogP contribution < -0.4 is 0 Å². The molecule has 0 spiro atoms. The largest absolute Gasteiger partial charge is 0.458 e. The molecule has 19 heavy (non-hydrogen) atoms. The number of carbonyl (C=O) groups excluding carboxylic acids is 1. The Balaban J connectivity index is 2.18. The van der Waals surface area contributed by atoms with E-state index in [1.165, 1.54) is 5.56 Å². The summed E-state index contributed by atoms with van der Waals surface area (Å²) in [5.41, 5.74) is 2.93. The van der Waals surface area contributed by atoms with Crippen molar-refractivity contribution in [3.63, 3.8) is 0 Å². The zero-order chi connectivity index (χ0) is 13.6. The molecule has 96 valence electrons. The number of fused-ring (bicyclic) bond motifs is 1. The SMILES string of the molecule is Cc1ccc2c(C(=O)c3ccc(C)o3)cn(C)c2c1. The van der Waals surface area contributed by atoms with Crippen LogP contribution in [0.3, 0.4) is 0 Å². The van der Waals surface area contributed by atoms with Crippen LogP contribution in [0.1, 0.15) is 27.4 Å². The summed E-state index contributed by atoms with van der Waals surface area (Å²) in [6.45, 7) is 3.88. The van der Waals surface area contributed by atoms with Gasteiger partial charge in [-0.1, -0.05) is 12.1 Å². The number of ketones is 1. The van der Waals surface area contributed by atoms with Crippen LogP contribution in [0.25, 0.3) is 10.9 Å². The molecule has 0 aliphatic heterocycles. The van der Waals surface area contributed by atoms with Crippen molar-refractivity contribution in [2.24, 2.45) is 7.05 Å². The van der Waals surface area contributed by atoms with E-state index in [1.54, 1.807) is 6.07 Å². The van der Waals surface area contributed by atoms with Crippen molar-refractivity contribution in [2.75, 3.05) is 0 Å². The van der Waals surface area contributed by atoms with Gasteiger partial charge in [0.05, 0.1) is 5.56 Å². The molecular formula is C16H15NO2. The number of rotatable bonds is 2. The van der Waals surface area contributed by atoms with Crippen LogP contribution in [-0.2, 0) is 7.05 Å². The molecule has 1 aromatic carbocycles. The first kappa shape index (κ1) is 11.8. The van der Waals surface area contributed by atoms with Crippen molar-refractivity contribution < 1.29 is 9.21 Å². The Labute approximate surface area is 111 Å². The average Bonchev–Trinajstić information content (AvgIpc) is 2.94. The summed E-state index contributed by atoms with van der Waals surface area (Å²) < 4.78 is 7.40. The topological polar surface area (TPSA) is 35.1 Å². The first-order chi connectivity index (χ1) is 9.06. The molecule has 0 unspecified atom stereocenters. The van der Waals surface area contributed by atoms with Gasteiger partial charge in [0.25, 0.3) is 0 Å². The highest BCUT2D eigenvalue weighted by atomic mass is 16.3. The second kappa shape index (κ2) is 4.12. The molecule has 2 heterocycles. The molecule has 0 aliphatic rings. The predicted molar refractivity (Wildman–Crippen MR) is 74.5 cm³/mol. The molecular weight excluding hydrogens is 238 g/mol. The van der Waals surface area contributed by atoms with Gasteiger partial charge in [0.1, 0.15) is 5.76 Å². The number of furan rings is 1. The van der Waals surface area contributed by atoms with Gasteiger partial charge in [-0.25, -0.2) is 0 Å². The molecule has 0 radical (unpaired) electrons.